The summed E-state index contributed by atoms with van der Waals surface area (Å²) in [5.41, 5.74) is 2.96. The first-order chi connectivity index (χ1) is 12.7. The minimum Gasteiger partial charge on any atom is -0.348 e. The molecule has 8 heteroatoms. The SMILES string of the molecule is Cc1nnc2sc(C(=O)NC3CC3c3ccc(S(C)(=O)=O)cc3)cc2c1C. The average Bonchev–Trinajstić information content (AvgIpc) is 3.24. The lowest BCUT2D eigenvalue weighted by atomic mass is 10.1. The quantitative estimate of drug-likeness (QED) is 0.726. The van der Waals surface area contributed by atoms with Crippen molar-refractivity contribution in [3.05, 3.63) is 52.0 Å². The van der Waals surface area contributed by atoms with Crippen LogP contribution in [0.4, 0.5) is 0 Å². The van der Waals surface area contributed by atoms with E-state index in [4.69, 9.17) is 0 Å². The van der Waals surface area contributed by atoms with E-state index in [2.05, 4.69) is 15.5 Å². The number of aromatic nitrogens is 2. The first-order valence-corrected chi connectivity index (χ1v) is 11.3. The number of carbonyl (C=O) groups excluding carboxylic acids is 1. The topological polar surface area (TPSA) is 89.0 Å². The number of thiophene rings is 1. The molecule has 0 saturated heterocycles. The highest BCUT2D eigenvalue weighted by molar-refractivity contribution is 7.90. The number of benzene rings is 1. The Balaban J connectivity index is 1.46. The lowest BCUT2D eigenvalue weighted by Gasteiger charge is -2.04. The molecule has 1 aromatic carbocycles. The van der Waals surface area contributed by atoms with Crippen LogP contribution in [0.2, 0.25) is 0 Å². The van der Waals surface area contributed by atoms with Gasteiger partial charge in [0.2, 0.25) is 0 Å². The van der Waals surface area contributed by atoms with E-state index in [1.165, 1.54) is 17.6 Å². The summed E-state index contributed by atoms with van der Waals surface area (Å²) >= 11 is 1.35. The Morgan fingerprint density at radius 1 is 1.19 bits per heavy atom. The number of rotatable bonds is 4. The molecule has 0 spiro atoms. The standard InChI is InChI=1S/C19H19N3O3S2/c1-10-11(2)21-22-19-14(10)9-17(26-19)18(23)20-16-8-15(16)12-4-6-13(7-5-12)27(3,24)25/h4-7,9,15-16H,8H2,1-3H3,(H,20,23). The van der Waals surface area contributed by atoms with Gasteiger partial charge in [-0.25, -0.2) is 8.42 Å². The van der Waals surface area contributed by atoms with Crippen molar-refractivity contribution in [1.29, 1.82) is 0 Å². The van der Waals surface area contributed by atoms with E-state index in [9.17, 15) is 13.2 Å². The highest BCUT2D eigenvalue weighted by Gasteiger charge is 2.39. The van der Waals surface area contributed by atoms with Gasteiger partial charge in [-0.2, -0.15) is 5.10 Å². The molecule has 1 aliphatic carbocycles. The van der Waals surface area contributed by atoms with Gasteiger partial charge in [0.05, 0.1) is 15.5 Å². The molecule has 3 aromatic rings. The molecule has 1 N–H and O–H groups in total. The van der Waals surface area contributed by atoms with Crippen LogP contribution in [0.5, 0.6) is 0 Å². The number of fused-ring (bicyclic) bond motifs is 1. The molecule has 1 aliphatic rings. The molecule has 2 aromatic heterocycles. The molecule has 2 unspecified atom stereocenters. The zero-order valence-electron chi connectivity index (χ0n) is 15.2. The van der Waals surface area contributed by atoms with Crippen LogP contribution in [0.3, 0.4) is 0 Å². The molecular weight excluding hydrogens is 382 g/mol. The number of amides is 1. The fourth-order valence-corrected chi connectivity index (χ4v) is 4.72. The Labute approximate surface area is 161 Å². The second-order valence-corrected chi connectivity index (χ2v) is 10.0. The monoisotopic (exact) mass is 401 g/mol. The first-order valence-electron chi connectivity index (χ1n) is 8.58. The van der Waals surface area contributed by atoms with Gasteiger partial charge in [0.1, 0.15) is 4.83 Å². The molecule has 2 atom stereocenters. The first kappa shape index (κ1) is 18.1. The molecule has 27 heavy (non-hydrogen) atoms. The van der Waals surface area contributed by atoms with Gasteiger partial charge in [-0.3, -0.25) is 4.79 Å². The fourth-order valence-electron chi connectivity index (χ4n) is 3.15. The maximum atomic E-state index is 12.6. The highest BCUT2D eigenvalue weighted by atomic mass is 32.2. The van der Waals surface area contributed by atoms with Crippen molar-refractivity contribution in [1.82, 2.24) is 15.5 Å². The smallest absolute Gasteiger partial charge is 0.261 e. The summed E-state index contributed by atoms with van der Waals surface area (Å²) in [5, 5.41) is 12.3. The van der Waals surface area contributed by atoms with Crippen molar-refractivity contribution in [3.63, 3.8) is 0 Å². The Hall–Kier alpha value is -2.32. The van der Waals surface area contributed by atoms with E-state index >= 15 is 0 Å². The third-order valence-electron chi connectivity index (χ3n) is 5.02. The van der Waals surface area contributed by atoms with Crippen LogP contribution in [-0.2, 0) is 9.84 Å². The molecule has 140 valence electrons. The Morgan fingerprint density at radius 3 is 2.56 bits per heavy atom. The molecular formula is C19H19N3O3S2. The van der Waals surface area contributed by atoms with Gasteiger partial charge in [-0.15, -0.1) is 16.4 Å². The Kier molecular flexibility index (Phi) is 4.27. The van der Waals surface area contributed by atoms with Gasteiger partial charge in [-0.1, -0.05) is 12.1 Å². The number of carbonyl (C=O) groups is 1. The molecule has 1 saturated carbocycles. The lowest BCUT2D eigenvalue weighted by molar-refractivity contribution is 0.0954. The predicted molar refractivity (Wildman–Crippen MR) is 105 cm³/mol. The van der Waals surface area contributed by atoms with Crippen molar-refractivity contribution < 1.29 is 13.2 Å². The van der Waals surface area contributed by atoms with Crippen LogP contribution in [-0.4, -0.2) is 36.8 Å². The van der Waals surface area contributed by atoms with Crippen molar-refractivity contribution >= 4 is 37.3 Å². The van der Waals surface area contributed by atoms with Crippen LogP contribution < -0.4 is 5.32 Å². The molecule has 1 amide bonds. The largest absolute Gasteiger partial charge is 0.348 e. The maximum absolute atomic E-state index is 12.6. The number of hydrogen-bond donors (Lipinski definition) is 1. The van der Waals surface area contributed by atoms with E-state index in [-0.39, 0.29) is 17.9 Å². The van der Waals surface area contributed by atoms with Crippen LogP contribution in [0.1, 0.15) is 38.8 Å². The van der Waals surface area contributed by atoms with Gasteiger partial charge >= 0.3 is 0 Å². The maximum Gasteiger partial charge on any atom is 0.261 e. The second-order valence-electron chi connectivity index (χ2n) is 7.00. The van der Waals surface area contributed by atoms with E-state index in [0.29, 0.717) is 9.77 Å². The lowest BCUT2D eigenvalue weighted by Crippen LogP contribution is -2.25. The molecule has 6 nitrogen and oxygen atoms in total. The fraction of sp³-hybridized carbons (Fsp3) is 0.316. The minimum atomic E-state index is -3.19. The second kappa shape index (κ2) is 6.38. The Bertz CT molecular complexity index is 1150. The van der Waals surface area contributed by atoms with E-state index in [0.717, 1.165) is 33.5 Å². The van der Waals surface area contributed by atoms with Crippen molar-refractivity contribution in [3.8, 4) is 0 Å². The number of sulfone groups is 1. The number of hydrogen-bond acceptors (Lipinski definition) is 6. The van der Waals surface area contributed by atoms with Crippen molar-refractivity contribution in [2.45, 2.75) is 37.1 Å². The number of nitrogens with one attached hydrogen (secondary N) is 1. The van der Waals surface area contributed by atoms with Gasteiger partial charge in [-0.05, 0) is 49.6 Å². The van der Waals surface area contributed by atoms with Gasteiger partial charge < -0.3 is 5.32 Å². The van der Waals surface area contributed by atoms with Gasteiger partial charge in [0.25, 0.3) is 5.91 Å². The number of aryl methyl sites for hydroxylation is 2. The zero-order valence-corrected chi connectivity index (χ0v) is 16.8. The summed E-state index contributed by atoms with van der Waals surface area (Å²) in [5.74, 6) is 0.121. The summed E-state index contributed by atoms with van der Waals surface area (Å²) in [7, 11) is -3.19. The van der Waals surface area contributed by atoms with E-state index < -0.39 is 9.84 Å². The third-order valence-corrected chi connectivity index (χ3v) is 7.16. The third kappa shape index (κ3) is 3.46. The molecule has 0 bridgehead atoms. The predicted octanol–water partition coefficient (Wildman–Crippen LogP) is 3.00. The van der Waals surface area contributed by atoms with Crippen molar-refractivity contribution in [2.75, 3.05) is 6.26 Å². The van der Waals surface area contributed by atoms with Gasteiger partial charge in [0.15, 0.2) is 9.84 Å². The highest BCUT2D eigenvalue weighted by Crippen LogP contribution is 2.41. The van der Waals surface area contributed by atoms with Crippen LogP contribution in [0, 0.1) is 13.8 Å². The van der Waals surface area contributed by atoms with E-state index in [1.54, 1.807) is 12.1 Å². The Morgan fingerprint density at radius 2 is 1.89 bits per heavy atom. The zero-order chi connectivity index (χ0) is 19.3. The average molecular weight is 402 g/mol. The van der Waals surface area contributed by atoms with Crippen LogP contribution in [0.25, 0.3) is 10.2 Å². The van der Waals surface area contributed by atoms with Crippen molar-refractivity contribution in [2.24, 2.45) is 0 Å². The summed E-state index contributed by atoms with van der Waals surface area (Å²) < 4.78 is 23.1. The van der Waals surface area contributed by atoms with E-state index in [1.807, 2.05) is 32.0 Å². The van der Waals surface area contributed by atoms with Crippen LogP contribution in [0.15, 0.2) is 35.2 Å². The molecule has 1 fully saturated rings. The summed E-state index contributed by atoms with van der Waals surface area (Å²) in [6.07, 6.45) is 2.05. The normalized spacial score (nSPS) is 19.2. The molecule has 2 heterocycles. The minimum absolute atomic E-state index is 0.0701. The summed E-state index contributed by atoms with van der Waals surface area (Å²) in [6.45, 7) is 3.89. The van der Waals surface area contributed by atoms with Gasteiger partial charge in [0, 0.05) is 23.6 Å². The molecule has 4 rings (SSSR count). The van der Waals surface area contributed by atoms with Crippen LogP contribution >= 0.6 is 11.3 Å². The number of nitrogens with zero attached hydrogens (tertiary/aromatic N) is 2. The summed E-state index contributed by atoms with van der Waals surface area (Å²) in [4.78, 5) is 14.3. The molecule has 0 radical (unpaired) electrons. The molecule has 0 aliphatic heterocycles. The summed E-state index contributed by atoms with van der Waals surface area (Å²) in [6, 6.07) is 8.85.